The van der Waals surface area contributed by atoms with Gasteiger partial charge in [-0.2, -0.15) is 4.90 Å². The number of fused-ring (bicyclic) bond motifs is 3. The first-order valence-electron chi connectivity index (χ1n) is 10.3. The van der Waals surface area contributed by atoms with E-state index in [0.717, 1.165) is 28.1 Å². The summed E-state index contributed by atoms with van der Waals surface area (Å²) in [7, 11) is 1.99. The number of pyridine rings is 1. The minimum absolute atomic E-state index is 0.0885. The van der Waals surface area contributed by atoms with E-state index >= 15 is 0 Å². The Morgan fingerprint density at radius 2 is 1.90 bits per heavy atom. The van der Waals surface area contributed by atoms with Gasteiger partial charge in [0, 0.05) is 22.7 Å². The Morgan fingerprint density at radius 3 is 2.63 bits per heavy atom. The topological polar surface area (TPSA) is 49.5 Å². The Balaban J connectivity index is 1.66. The van der Waals surface area contributed by atoms with Crippen LogP contribution in [0.15, 0.2) is 58.0 Å². The highest BCUT2D eigenvalue weighted by molar-refractivity contribution is 6.06. The lowest BCUT2D eigenvalue weighted by Crippen LogP contribution is -2.48. The van der Waals surface area contributed by atoms with Crippen molar-refractivity contribution in [2.24, 2.45) is 7.05 Å². The molecular weight excluding hydrogens is 376 g/mol. The molecular formula is C24H27N4O2+. The van der Waals surface area contributed by atoms with Gasteiger partial charge in [-0.25, -0.2) is 9.55 Å². The summed E-state index contributed by atoms with van der Waals surface area (Å²) in [6.45, 7) is 10.9. The summed E-state index contributed by atoms with van der Waals surface area (Å²) in [5.41, 5.74) is 4.73. The van der Waals surface area contributed by atoms with E-state index < -0.39 is 0 Å². The van der Waals surface area contributed by atoms with Gasteiger partial charge in [-0.1, -0.05) is 6.07 Å². The van der Waals surface area contributed by atoms with Crippen LogP contribution in [0.2, 0.25) is 0 Å². The van der Waals surface area contributed by atoms with Crippen molar-refractivity contribution in [3.63, 3.8) is 0 Å². The third-order valence-corrected chi connectivity index (χ3v) is 6.28. The number of oxazole rings is 1. The molecule has 5 rings (SSSR count). The minimum atomic E-state index is -0.291. The number of furan rings is 1. The lowest BCUT2D eigenvalue weighted by Gasteiger charge is -2.40. The first-order chi connectivity index (χ1) is 14.3. The van der Waals surface area contributed by atoms with Gasteiger partial charge in [-0.15, -0.1) is 0 Å². The van der Waals surface area contributed by atoms with Crippen molar-refractivity contribution < 1.29 is 13.4 Å². The second kappa shape index (κ2) is 6.36. The van der Waals surface area contributed by atoms with Gasteiger partial charge in [-0.3, -0.25) is 0 Å². The van der Waals surface area contributed by atoms with Crippen molar-refractivity contribution in [3.8, 4) is 0 Å². The zero-order chi connectivity index (χ0) is 21.2. The molecule has 6 nitrogen and oxygen atoms in total. The van der Waals surface area contributed by atoms with Crippen LogP contribution < -0.4 is 9.47 Å². The Labute approximate surface area is 176 Å². The van der Waals surface area contributed by atoms with Gasteiger partial charge < -0.3 is 13.7 Å². The monoisotopic (exact) mass is 403 g/mol. The zero-order valence-electron chi connectivity index (χ0n) is 18.3. The molecule has 154 valence electrons. The van der Waals surface area contributed by atoms with E-state index in [9.17, 15) is 0 Å². The predicted octanol–water partition coefficient (Wildman–Crippen LogP) is 4.89. The largest absolute Gasteiger partial charge is 0.462 e. The Hall–Kier alpha value is -3.28. The Kier molecular flexibility index (Phi) is 3.97. The van der Waals surface area contributed by atoms with Gasteiger partial charge >= 0.3 is 6.01 Å². The molecule has 0 radical (unpaired) electrons. The highest BCUT2D eigenvalue weighted by Gasteiger charge is 2.43. The van der Waals surface area contributed by atoms with Crippen LogP contribution >= 0.6 is 0 Å². The summed E-state index contributed by atoms with van der Waals surface area (Å²) in [5.74, 6) is 0. The molecule has 30 heavy (non-hydrogen) atoms. The maximum absolute atomic E-state index is 6.13. The summed E-state index contributed by atoms with van der Waals surface area (Å²) >= 11 is 0. The minimum Gasteiger partial charge on any atom is -0.438 e. The highest BCUT2D eigenvalue weighted by Crippen LogP contribution is 2.43. The zero-order valence-corrected chi connectivity index (χ0v) is 18.3. The van der Waals surface area contributed by atoms with Crippen LogP contribution in [-0.4, -0.2) is 16.0 Å². The third kappa shape index (κ3) is 2.56. The molecule has 6 heteroatoms. The third-order valence-electron chi connectivity index (χ3n) is 6.28. The molecule has 0 spiro atoms. The maximum atomic E-state index is 6.13. The van der Waals surface area contributed by atoms with Crippen molar-refractivity contribution in [3.05, 3.63) is 65.9 Å². The first kappa shape index (κ1) is 18.7. The summed E-state index contributed by atoms with van der Waals surface area (Å²) in [6, 6.07) is 9.18. The fraction of sp³-hybridized carbons (Fsp3) is 0.333. The normalized spacial score (nSPS) is 17.1. The molecule has 1 atom stereocenters. The number of hydrogen-bond donors (Lipinski definition) is 0. The van der Waals surface area contributed by atoms with E-state index in [2.05, 4.69) is 73.1 Å². The average molecular weight is 404 g/mol. The number of hydrogen-bond acceptors (Lipinski definition) is 5. The molecule has 0 saturated carbocycles. The molecule has 0 aliphatic carbocycles. The fourth-order valence-electron chi connectivity index (χ4n) is 4.84. The van der Waals surface area contributed by atoms with Gasteiger partial charge in [0.1, 0.15) is 24.2 Å². The van der Waals surface area contributed by atoms with Crippen molar-refractivity contribution in [1.29, 1.82) is 0 Å². The van der Waals surface area contributed by atoms with Gasteiger partial charge in [0.25, 0.3) is 0 Å². The van der Waals surface area contributed by atoms with Crippen molar-refractivity contribution in [1.82, 2.24) is 9.88 Å². The molecule has 4 aromatic rings. The van der Waals surface area contributed by atoms with Crippen molar-refractivity contribution in [2.75, 3.05) is 4.90 Å². The number of nitrogens with zero attached hydrogens (tertiary/aromatic N) is 4. The van der Waals surface area contributed by atoms with Gasteiger partial charge in [-0.05, 0) is 63.9 Å². The molecule has 1 aliphatic heterocycles. The van der Waals surface area contributed by atoms with Crippen LogP contribution in [0.1, 0.15) is 37.6 Å². The number of aromatic nitrogens is 2. The maximum Gasteiger partial charge on any atom is 0.462 e. The number of anilines is 1. The van der Waals surface area contributed by atoms with Gasteiger partial charge in [0.15, 0.2) is 6.17 Å². The smallest absolute Gasteiger partial charge is 0.438 e. The molecule has 0 amide bonds. The average Bonchev–Trinajstić information content (AvgIpc) is 3.37. The summed E-state index contributed by atoms with van der Waals surface area (Å²) in [5, 5.41) is 2.21. The number of rotatable bonds is 3. The van der Waals surface area contributed by atoms with Gasteiger partial charge in [0.05, 0.1) is 12.6 Å². The summed E-state index contributed by atoms with van der Waals surface area (Å²) in [6.07, 6.45) is 7.95. The fourth-order valence-corrected chi connectivity index (χ4v) is 4.84. The highest BCUT2D eigenvalue weighted by atomic mass is 16.4. The lowest BCUT2D eigenvalue weighted by molar-refractivity contribution is -0.660. The lowest BCUT2D eigenvalue weighted by atomic mass is 9.85. The SMILES string of the molecule is Cc1ccc2c(n1)oc1ccc(C)c(C(C)(C)N3C=CN(c4occ[n+]4C)[C@H]3C)c12. The number of aryl methyl sites for hydroxylation is 3. The van der Waals surface area contributed by atoms with E-state index in [1.807, 2.05) is 30.8 Å². The molecule has 1 aliphatic rings. The van der Waals surface area contributed by atoms with E-state index in [4.69, 9.17) is 8.83 Å². The van der Waals surface area contributed by atoms with Crippen LogP contribution in [0.5, 0.6) is 0 Å². The second-order valence-electron chi connectivity index (χ2n) is 8.64. The summed E-state index contributed by atoms with van der Waals surface area (Å²) < 4.78 is 13.8. The molecule has 0 N–H and O–H groups in total. The van der Waals surface area contributed by atoms with Gasteiger partial charge in [0.2, 0.25) is 5.71 Å². The Morgan fingerprint density at radius 1 is 1.10 bits per heavy atom. The summed E-state index contributed by atoms with van der Waals surface area (Å²) in [4.78, 5) is 9.14. The van der Waals surface area contributed by atoms with Crippen LogP contribution in [0, 0.1) is 13.8 Å². The molecule has 0 unspecified atom stereocenters. The van der Waals surface area contributed by atoms with Crippen LogP contribution in [0.25, 0.3) is 22.1 Å². The Bertz CT molecular complexity index is 1300. The first-order valence-corrected chi connectivity index (χ1v) is 10.3. The van der Waals surface area contributed by atoms with Crippen LogP contribution in [0.4, 0.5) is 6.01 Å². The standard InChI is InChI=1S/C24H27N4O2/c1-15-7-10-19-20(18-9-8-16(2)25-22(18)30-19)21(15)24(4,5)28-12-11-27(17(28)3)23-26(6)13-14-29-23/h7-14,17H,1-6H3/q+1/t17-/m1/s1. The number of benzene rings is 1. The second-order valence-corrected chi connectivity index (χ2v) is 8.64. The van der Waals surface area contributed by atoms with E-state index in [0.29, 0.717) is 5.71 Å². The molecule has 4 heterocycles. The molecule has 3 aromatic heterocycles. The quantitative estimate of drug-likeness (QED) is 0.456. The van der Waals surface area contributed by atoms with Crippen molar-refractivity contribution in [2.45, 2.75) is 46.3 Å². The molecule has 1 aromatic carbocycles. The predicted molar refractivity (Wildman–Crippen MR) is 117 cm³/mol. The molecule has 0 saturated heterocycles. The van der Waals surface area contributed by atoms with E-state index in [-0.39, 0.29) is 11.7 Å². The van der Waals surface area contributed by atoms with E-state index in [1.54, 1.807) is 6.26 Å². The van der Waals surface area contributed by atoms with E-state index in [1.165, 1.54) is 11.1 Å². The molecule has 0 bridgehead atoms. The van der Waals surface area contributed by atoms with Crippen LogP contribution in [0.3, 0.4) is 0 Å². The van der Waals surface area contributed by atoms with Crippen LogP contribution in [-0.2, 0) is 12.6 Å². The molecule has 0 fully saturated rings. The van der Waals surface area contributed by atoms with Crippen molar-refractivity contribution >= 4 is 28.1 Å².